The number of carbonyl (C=O) groups is 1. The number of benzene rings is 1. The monoisotopic (exact) mass is 465 g/mol. The average molecular weight is 466 g/mol. The van der Waals surface area contributed by atoms with Gasteiger partial charge in [-0.25, -0.2) is 4.98 Å². The summed E-state index contributed by atoms with van der Waals surface area (Å²) in [7, 11) is 4.02. The minimum atomic E-state index is -1.03. The molecule has 1 atom stereocenters. The van der Waals surface area contributed by atoms with Gasteiger partial charge in [0.15, 0.2) is 0 Å². The van der Waals surface area contributed by atoms with Gasteiger partial charge in [0.25, 0.3) is 5.56 Å². The molecule has 0 radical (unpaired) electrons. The minimum absolute atomic E-state index is 0.109. The first-order chi connectivity index (χ1) is 16.3. The van der Waals surface area contributed by atoms with E-state index >= 15 is 0 Å². The van der Waals surface area contributed by atoms with Gasteiger partial charge in [-0.1, -0.05) is 37.3 Å². The van der Waals surface area contributed by atoms with Crippen molar-refractivity contribution in [1.82, 2.24) is 23.9 Å². The highest BCUT2D eigenvalue weighted by Gasteiger charge is 2.35. The van der Waals surface area contributed by atoms with Crippen LogP contribution >= 0.6 is 0 Å². The molecule has 182 valence electrons. The summed E-state index contributed by atoms with van der Waals surface area (Å²) in [5.74, 6) is 0.258. The highest BCUT2D eigenvalue weighted by Crippen LogP contribution is 2.26. The third-order valence-corrected chi connectivity index (χ3v) is 6.89. The number of aliphatic hydroxyl groups is 1. The van der Waals surface area contributed by atoms with Crippen molar-refractivity contribution in [3.63, 3.8) is 0 Å². The molecular weight excluding hydrogens is 430 g/mol. The van der Waals surface area contributed by atoms with Crippen molar-refractivity contribution in [2.45, 2.75) is 50.8 Å². The van der Waals surface area contributed by atoms with Crippen LogP contribution in [0, 0.1) is 0 Å². The summed E-state index contributed by atoms with van der Waals surface area (Å²) in [6.07, 6.45) is 4.75. The standard InChI is InChI=1S/C26H35N5O3/c1-20(21-7-5-4-6-8-21)17-23(32)29-13-10-26(34,11-14-29)18-31-19-27-24-22(25(31)33)9-12-30(24)16-15-28(2)3/h4-9,12,19-20,34H,10-11,13-18H2,1-3H3/t20-/m1/s1. The Morgan fingerprint density at radius 2 is 1.85 bits per heavy atom. The van der Waals surface area contributed by atoms with Gasteiger partial charge < -0.3 is 19.5 Å². The Kier molecular flexibility index (Phi) is 7.19. The lowest BCUT2D eigenvalue weighted by Gasteiger charge is -2.38. The SMILES string of the molecule is C[C@H](CC(=O)N1CCC(O)(Cn2cnc3c(ccn3CCN(C)C)c2=O)CC1)c1ccccc1. The van der Waals surface area contributed by atoms with Crippen LogP contribution in [0.25, 0.3) is 11.0 Å². The molecule has 34 heavy (non-hydrogen) atoms. The number of fused-ring (bicyclic) bond motifs is 1. The molecule has 1 N–H and O–H groups in total. The van der Waals surface area contributed by atoms with Gasteiger partial charge in [0.2, 0.25) is 5.91 Å². The van der Waals surface area contributed by atoms with E-state index in [1.807, 2.05) is 60.1 Å². The molecule has 0 aliphatic carbocycles. The van der Waals surface area contributed by atoms with Crippen LogP contribution in [-0.2, 0) is 17.9 Å². The van der Waals surface area contributed by atoms with Gasteiger partial charge in [0.1, 0.15) is 12.0 Å². The van der Waals surface area contributed by atoms with Gasteiger partial charge in [-0.15, -0.1) is 0 Å². The number of aromatic nitrogens is 3. The van der Waals surface area contributed by atoms with Crippen molar-refractivity contribution < 1.29 is 9.90 Å². The molecule has 1 aliphatic rings. The number of carbonyl (C=O) groups excluding carboxylic acids is 1. The molecule has 1 saturated heterocycles. The van der Waals surface area contributed by atoms with Gasteiger partial charge in [0, 0.05) is 38.8 Å². The Balaban J connectivity index is 1.37. The zero-order chi connectivity index (χ0) is 24.3. The van der Waals surface area contributed by atoms with Crippen molar-refractivity contribution in [3.05, 3.63) is 64.8 Å². The molecule has 1 aliphatic heterocycles. The summed E-state index contributed by atoms with van der Waals surface area (Å²) < 4.78 is 3.49. The Morgan fingerprint density at radius 1 is 1.15 bits per heavy atom. The average Bonchev–Trinajstić information content (AvgIpc) is 3.24. The topological polar surface area (TPSA) is 83.6 Å². The fourth-order valence-electron chi connectivity index (χ4n) is 4.65. The first-order valence-corrected chi connectivity index (χ1v) is 12.0. The molecule has 3 heterocycles. The molecule has 1 fully saturated rings. The van der Waals surface area contributed by atoms with Crippen LogP contribution in [0.5, 0.6) is 0 Å². The molecule has 4 rings (SSSR count). The molecule has 8 heteroatoms. The second-order valence-corrected chi connectivity index (χ2v) is 9.85. The molecule has 0 bridgehead atoms. The van der Waals surface area contributed by atoms with E-state index in [2.05, 4.69) is 16.8 Å². The van der Waals surface area contributed by atoms with Crippen molar-refractivity contribution in [2.24, 2.45) is 0 Å². The quantitative estimate of drug-likeness (QED) is 0.552. The van der Waals surface area contributed by atoms with E-state index in [-0.39, 0.29) is 23.9 Å². The molecular formula is C26H35N5O3. The number of likely N-dealkylation sites (N-methyl/N-ethyl adjacent to an activating group) is 1. The normalized spacial score (nSPS) is 16.8. The van der Waals surface area contributed by atoms with Crippen molar-refractivity contribution in [3.8, 4) is 0 Å². The van der Waals surface area contributed by atoms with E-state index in [0.717, 1.165) is 18.7 Å². The van der Waals surface area contributed by atoms with Gasteiger partial charge in [0.05, 0.1) is 17.5 Å². The van der Waals surface area contributed by atoms with Gasteiger partial charge in [-0.05, 0) is 44.5 Å². The van der Waals surface area contributed by atoms with Crippen LogP contribution < -0.4 is 5.56 Å². The molecule has 1 aromatic carbocycles. The van der Waals surface area contributed by atoms with Crippen molar-refractivity contribution >= 4 is 16.9 Å². The Labute approximate surface area is 200 Å². The summed E-state index contributed by atoms with van der Waals surface area (Å²) in [6, 6.07) is 11.9. The number of amides is 1. The first kappa shape index (κ1) is 24.2. The zero-order valence-corrected chi connectivity index (χ0v) is 20.4. The molecule has 3 aromatic rings. The Bertz CT molecular complexity index is 1180. The summed E-state index contributed by atoms with van der Waals surface area (Å²) >= 11 is 0. The summed E-state index contributed by atoms with van der Waals surface area (Å²) in [5.41, 5.74) is 0.650. The number of nitrogens with zero attached hydrogens (tertiary/aromatic N) is 5. The number of likely N-dealkylation sites (tertiary alicyclic amines) is 1. The number of hydrogen-bond acceptors (Lipinski definition) is 5. The highest BCUT2D eigenvalue weighted by molar-refractivity contribution is 5.77. The Hall–Kier alpha value is -2.97. The predicted molar refractivity (Wildman–Crippen MR) is 133 cm³/mol. The van der Waals surface area contributed by atoms with E-state index in [0.29, 0.717) is 43.4 Å². The lowest BCUT2D eigenvalue weighted by molar-refractivity contribution is -0.136. The van der Waals surface area contributed by atoms with Crippen molar-refractivity contribution in [2.75, 3.05) is 33.7 Å². The maximum Gasteiger partial charge on any atom is 0.262 e. The number of hydrogen-bond donors (Lipinski definition) is 1. The lowest BCUT2D eigenvalue weighted by Crippen LogP contribution is -2.49. The van der Waals surface area contributed by atoms with E-state index in [4.69, 9.17) is 0 Å². The molecule has 0 unspecified atom stereocenters. The van der Waals surface area contributed by atoms with Gasteiger partial charge >= 0.3 is 0 Å². The van der Waals surface area contributed by atoms with E-state index in [1.165, 1.54) is 10.9 Å². The second kappa shape index (κ2) is 10.1. The van der Waals surface area contributed by atoms with E-state index in [9.17, 15) is 14.7 Å². The van der Waals surface area contributed by atoms with Crippen molar-refractivity contribution in [1.29, 1.82) is 0 Å². The predicted octanol–water partition coefficient (Wildman–Crippen LogP) is 2.31. The largest absolute Gasteiger partial charge is 0.388 e. The van der Waals surface area contributed by atoms with Gasteiger partial charge in [-0.2, -0.15) is 0 Å². The highest BCUT2D eigenvalue weighted by atomic mass is 16.3. The molecule has 0 spiro atoms. The fourth-order valence-corrected chi connectivity index (χ4v) is 4.65. The van der Waals surface area contributed by atoms with E-state index in [1.54, 1.807) is 6.07 Å². The third-order valence-electron chi connectivity index (χ3n) is 6.89. The molecule has 2 aromatic heterocycles. The number of rotatable bonds is 8. The van der Waals surface area contributed by atoms with Crippen LogP contribution in [0.15, 0.2) is 53.7 Å². The fraction of sp³-hybridized carbons (Fsp3) is 0.500. The molecule has 0 saturated carbocycles. The Morgan fingerprint density at radius 3 is 2.53 bits per heavy atom. The van der Waals surface area contributed by atoms with Crippen LogP contribution in [0.2, 0.25) is 0 Å². The number of piperidine rings is 1. The van der Waals surface area contributed by atoms with Crippen LogP contribution in [0.4, 0.5) is 0 Å². The van der Waals surface area contributed by atoms with Crippen LogP contribution in [0.3, 0.4) is 0 Å². The maximum atomic E-state index is 13.0. The van der Waals surface area contributed by atoms with Gasteiger partial charge in [-0.3, -0.25) is 14.2 Å². The van der Waals surface area contributed by atoms with Crippen LogP contribution in [-0.4, -0.2) is 74.3 Å². The molecule has 8 nitrogen and oxygen atoms in total. The summed E-state index contributed by atoms with van der Waals surface area (Å²) in [6.45, 7) is 4.83. The zero-order valence-electron chi connectivity index (χ0n) is 20.4. The van der Waals surface area contributed by atoms with Crippen LogP contribution in [0.1, 0.15) is 37.7 Å². The summed E-state index contributed by atoms with van der Waals surface area (Å²) in [4.78, 5) is 34.3. The summed E-state index contributed by atoms with van der Waals surface area (Å²) in [5, 5.41) is 11.8. The smallest absolute Gasteiger partial charge is 0.262 e. The maximum absolute atomic E-state index is 13.0. The second-order valence-electron chi connectivity index (χ2n) is 9.85. The third kappa shape index (κ3) is 5.39. The first-order valence-electron chi connectivity index (χ1n) is 12.0. The van der Waals surface area contributed by atoms with E-state index < -0.39 is 5.60 Å². The molecule has 1 amide bonds. The minimum Gasteiger partial charge on any atom is -0.388 e. The lowest BCUT2D eigenvalue weighted by atomic mass is 9.90.